The summed E-state index contributed by atoms with van der Waals surface area (Å²) in [4.78, 5) is 4.25. The van der Waals surface area contributed by atoms with Crippen LogP contribution in [0, 0.1) is 0 Å². The van der Waals surface area contributed by atoms with Gasteiger partial charge in [0.1, 0.15) is 0 Å². The van der Waals surface area contributed by atoms with Crippen molar-refractivity contribution in [2.75, 3.05) is 5.75 Å². The number of thioether (sulfide) groups is 1. The van der Waals surface area contributed by atoms with Crippen LogP contribution in [0.5, 0.6) is 0 Å². The number of hydrogen-bond acceptors (Lipinski definition) is 3. The van der Waals surface area contributed by atoms with Crippen molar-refractivity contribution in [2.24, 2.45) is 0 Å². The Morgan fingerprint density at radius 1 is 1.16 bits per heavy atom. The third-order valence-corrected chi connectivity index (χ3v) is 5.36. The van der Waals surface area contributed by atoms with E-state index in [2.05, 4.69) is 4.98 Å². The Morgan fingerprint density at radius 3 is 2.48 bits per heavy atom. The van der Waals surface area contributed by atoms with Crippen molar-refractivity contribution in [2.45, 2.75) is 17.1 Å². The topological polar surface area (TPSA) is 38.1 Å². The maximum atomic E-state index is 12.9. The van der Waals surface area contributed by atoms with Gasteiger partial charge < -0.3 is 22.1 Å². The van der Waals surface area contributed by atoms with E-state index in [1.807, 2.05) is 0 Å². The zero-order valence-corrected chi connectivity index (χ0v) is 15.5. The largest absolute Gasteiger partial charge is 1.00 e. The van der Waals surface area contributed by atoms with Crippen LogP contribution in [0.4, 0.5) is 13.2 Å². The van der Waals surface area contributed by atoms with Crippen LogP contribution in [0.15, 0.2) is 47.6 Å². The molecule has 0 radical (unpaired) electrons. The number of alkyl halides is 3. The monoisotopic (exact) mass is 449 g/mol. The number of aromatic nitrogens is 2. The number of rotatable bonds is 1. The summed E-state index contributed by atoms with van der Waals surface area (Å²) < 4.78 is 40.2. The van der Waals surface area contributed by atoms with Crippen molar-refractivity contribution < 1.29 is 35.3 Å². The Morgan fingerprint density at radius 2 is 1.84 bits per heavy atom. The first-order chi connectivity index (χ1) is 11.3. The van der Waals surface area contributed by atoms with E-state index < -0.39 is 17.5 Å². The van der Waals surface area contributed by atoms with Crippen LogP contribution in [-0.4, -0.2) is 20.4 Å². The maximum Gasteiger partial charge on any atom is 0.416 e. The van der Waals surface area contributed by atoms with Crippen molar-refractivity contribution in [3.63, 3.8) is 0 Å². The number of fused-ring (bicyclic) bond motifs is 3. The Balaban J connectivity index is 0.00000182. The molecule has 1 aliphatic rings. The van der Waals surface area contributed by atoms with Gasteiger partial charge in [0.25, 0.3) is 0 Å². The normalized spacial score (nSPS) is 19.7. The Kier molecular flexibility index (Phi) is 4.60. The van der Waals surface area contributed by atoms with Gasteiger partial charge in [-0.3, -0.25) is 4.57 Å². The van der Waals surface area contributed by atoms with E-state index >= 15 is 0 Å². The molecule has 1 N–H and O–H groups in total. The van der Waals surface area contributed by atoms with Gasteiger partial charge >= 0.3 is 6.18 Å². The lowest BCUT2D eigenvalue weighted by Crippen LogP contribution is -3.00. The molecule has 2 aromatic carbocycles. The van der Waals surface area contributed by atoms with Crippen LogP contribution in [0.3, 0.4) is 0 Å². The molecule has 0 bridgehead atoms. The predicted molar refractivity (Wildman–Crippen MR) is 86.2 cm³/mol. The molecule has 0 saturated heterocycles. The number of hydrogen-bond donors (Lipinski definition) is 1. The standard InChI is InChI=1S/C16H10ClF3N2OS.BrH/c17-11-4-1-9(2-5-11)15(23)8-24-14-21-12-7-10(16(18,19)20)3-6-13(12)22(14)15;/h1-7,23H,8H2;1H/p-1. The van der Waals surface area contributed by atoms with Gasteiger partial charge in [-0.25, -0.2) is 4.98 Å². The Hall–Kier alpha value is -1.22. The van der Waals surface area contributed by atoms with E-state index in [1.165, 1.54) is 17.8 Å². The average Bonchev–Trinajstić information content (AvgIpc) is 3.05. The highest BCUT2D eigenvalue weighted by Crippen LogP contribution is 2.44. The molecule has 1 atom stereocenters. The molecule has 3 aromatic rings. The molecule has 0 spiro atoms. The highest BCUT2D eigenvalue weighted by molar-refractivity contribution is 7.99. The molecule has 9 heteroatoms. The van der Waals surface area contributed by atoms with Crippen LogP contribution >= 0.6 is 23.4 Å². The van der Waals surface area contributed by atoms with Crippen molar-refractivity contribution in [3.05, 3.63) is 58.6 Å². The highest BCUT2D eigenvalue weighted by Gasteiger charge is 2.41. The molecular formula is C16H10BrClF3N2OS-. The third-order valence-electron chi connectivity index (χ3n) is 4.03. The minimum absolute atomic E-state index is 0. The number of halogens is 5. The highest BCUT2D eigenvalue weighted by atomic mass is 79.9. The quantitative estimate of drug-likeness (QED) is 0.611. The SMILES string of the molecule is OC1(c2ccc(Cl)cc2)CSc2nc3cc(C(F)(F)F)ccc3n21.[Br-]. The summed E-state index contributed by atoms with van der Waals surface area (Å²) in [5.74, 6) is 0.327. The second-order valence-electron chi connectivity index (χ2n) is 5.54. The minimum atomic E-state index is -4.43. The van der Waals surface area contributed by atoms with Gasteiger partial charge in [0, 0.05) is 10.6 Å². The zero-order chi connectivity index (χ0) is 17.1. The molecule has 0 aliphatic carbocycles. The Labute approximate surface area is 160 Å². The lowest BCUT2D eigenvalue weighted by Gasteiger charge is -2.25. The second-order valence-corrected chi connectivity index (χ2v) is 6.92. The van der Waals surface area contributed by atoms with Crippen LogP contribution in [0.1, 0.15) is 11.1 Å². The molecule has 25 heavy (non-hydrogen) atoms. The lowest BCUT2D eigenvalue weighted by molar-refractivity contribution is -0.137. The smallest absolute Gasteiger partial charge is 0.416 e. The first kappa shape index (κ1) is 18.6. The third kappa shape index (κ3) is 2.95. The summed E-state index contributed by atoms with van der Waals surface area (Å²) in [5, 5.41) is 12.2. The summed E-state index contributed by atoms with van der Waals surface area (Å²) in [6.45, 7) is 0. The van der Waals surface area contributed by atoms with Gasteiger partial charge in [-0.05, 0) is 30.3 Å². The molecule has 132 valence electrons. The Bertz CT molecular complexity index is 945. The number of nitrogens with zero attached hydrogens (tertiary/aromatic N) is 2. The zero-order valence-electron chi connectivity index (χ0n) is 12.4. The molecule has 3 nitrogen and oxygen atoms in total. The molecule has 2 heterocycles. The fourth-order valence-corrected chi connectivity index (χ4v) is 4.14. The van der Waals surface area contributed by atoms with Gasteiger partial charge in [-0.15, -0.1) is 0 Å². The van der Waals surface area contributed by atoms with E-state index in [0.717, 1.165) is 12.1 Å². The van der Waals surface area contributed by atoms with Gasteiger partial charge in [0.15, 0.2) is 10.9 Å². The van der Waals surface area contributed by atoms with E-state index in [0.29, 0.717) is 27.0 Å². The summed E-state index contributed by atoms with van der Waals surface area (Å²) in [5.41, 5.74) is -0.858. The first-order valence-electron chi connectivity index (χ1n) is 7.00. The van der Waals surface area contributed by atoms with Crippen LogP contribution < -0.4 is 17.0 Å². The molecule has 0 fully saturated rings. The fourth-order valence-electron chi connectivity index (χ4n) is 2.85. The molecule has 4 rings (SSSR count). The van der Waals surface area contributed by atoms with Crippen LogP contribution in [0.25, 0.3) is 11.0 Å². The number of aliphatic hydroxyl groups is 1. The van der Waals surface area contributed by atoms with Gasteiger partial charge in [-0.2, -0.15) is 13.2 Å². The van der Waals surface area contributed by atoms with Crippen molar-refractivity contribution in [1.82, 2.24) is 9.55 Å². The molecule has 0 saturated carbocycles. The maximum absolute atomic E-state index is 12.9. The summed E-state index contributed by atoms with van der Waals surface area (Å²) >= 11 is 7.19. The molecule has 0 amide bonds. The average molecular weight is 451 g/mol. The van der Waals surface area contributed by atoms with E-state index in [4.69, 9.17) is 11.6 Å². The van der Waals surface area contributed by atoms with Crippen molar-refractivity contribution >= 4 is 34.4 Å². The predicted octanol–water partition coefficient (Wildman–Crippen LogP) is 1.51. The van der Waals surface area contributed by atoms with E-state index in [1.54, 1.807) is 28.8 Å². The van der Waals surface area contributed by atoms with Gasteiger partial charge in [-0.1, -0.05) is 35.5 Å². The molecule has 1 aromatic heterocycles. The van der Waals surface area contributed by atoms with Gasteiger partial charge in [0.05, 0.1) is 22.3 Å². The summed E-state index contributed by atoms with van der Waals surface area (Å²) in [6, 6.07) is 10.1. The van der Waals surface area contributed by atoms with Crippen molar-refractivity contribution in [1.29, 1.82) is 0 Å². The summed E-state index contributed by atoms with van der Waals surface area (Å²) in [6.07, 6.45) is -4.43. The molecular weight excluding hydrogens is 441 g/mol. The second kappa shape index (κ2) is 6.19. The lowest BCUT2D eigenvalue weighted by atomic mass is 10.0. The minimum Gasteiger partial charge on any atom is -1.00 e. The number of benzene rings is 2. The van der Waals surface area contributed by atoms with E-state index in [9.17, 15) is 18.3 Å². The molecule has 1 aliphatic heterocycles. The van der Waals surface area contributed by atoms with E-state index in [-0.39, 0.29) is 22.5 Å². The van der Waals surface area contributed by atoms with Crippen LogP contribution in [-0.2, 0) is 11.9 Å². The fraction of sp³-hybridized carbons (Fsp3) is 0.188. The van der Waals surface area contributed by atoms with Gasteiger partial charge in [0.2, 0.25) is 0 Å². The number of imidazole rings is 1. The van der Waals surface area contributed by atoms with Crippen molar-refractivity contribution in [3.8, 4) is 0 Å². The first-order valence-corrected chi connectivity index (χ1v) is 8.37. The van der Waals surface area contributed by atoms with Crippen LogP contribution in [0.2, 0.25) is 5.02 Å². The summed E-state index contributed by atoms with van der Waals surface area (Å²) in [7, 11) is 0. The molecule has 1 unspecified atom stereocenters.